The number of rotatable bonds is 20. The standard InChI is InChI=1S/C31H47NO2/c1-2-3-4-5-6-7-8-9-10-11-12-13-14-18-26-32-31(33)29-21-23-30(24-22-29)34-27-25-28-19-16-15-17-20-28/h15-17,19-24H,2-14,18,25-27H2,1H3,(H,32,33). The van der Waals surface area contributed by atoms with Crippen molar-refractivity contribution in [1.82, 2.24) is 5.32 Å². The Labute approximate surface area is 208 Å². The lowest BCUT2D eigenvalue weighted by atomic mass is 10.0. The van der Waals surface area contributed by atoms with Crippen molar-refractivity contribution in [3.8, 4) is 5.75 Å². The molecule has 0 spiro atoms. The smallest absolute Gasteiger partial charge is 0.251 e. The number of carbonyl (C=O) groups excluding carboxylic acids is 1. The summed E-state index contributed by atoms with van der Waals surface area (Å²) in [6.45, 7) is 3.67. The van der Waals surface area contributed by atoms with Gasteiger partial charge in [-0.05, 0) is 36.2 Å². The highest BCUT2D eigenvalue weighted by Gasteiger charge is 2.05. The first-order chi connectivity index (χ1) is 16.8. The Morgan fingerprint density at radius 1 is 0.676 bits per heavy atom. The summed E-state index contributed by atoms with van der Waals surface area (Å²) < 4.78 is 5.80. The van der Waals surface area contributed by atoms with E-state index in [4.69, 9.17) is 4.74 Å². The molecule has 1 N–H and O–H groups in total. The zero-order valence-electron chi connectivity index (χ0n) is 21.5. The molecule has 2 aromatic rings. The molecular weight excluding hydrogens is 418 g/mol. The minimum atomic E-state index is 0.00512. The quantitative estimate of drug-likeness (QED) is 0.199. The summed E-state index contributed by atoms with van der Waals surface area (Å²) in [6.07, 6.45) is 19.8. The van der Waals surface area contributed by atoms with Gasteiger partial charge >= 0.3 is 0 Å². The number of hydrogen-bond donors (Lipinski definition) is 1. The minimum Gasteiger partial charge on any atom is -0.493 e. The normalized spacial score (nSPS) is 10.9. The largest absolute Gasteiger partial charge is 0.493 e. The zero-order chi connectivity index (χ0) is 24.1. The molecule has 2 aromatic carbocycles. The van der Waals surface area contributed by atoms with E-state index in [2.05, 4.69) is 24.4 Å². The molecule has 0 radical (unpaired) electrons. The van der Waals surface area contributed by atoms with E-state index < -0.39 is 0 Å². The van der Waals surface area contributed by atoms with Gasteiger partial charge in [0.05, 0.1) is 6.61 Å². The number of amides is 1. The molecule has 3 heteroatoms. The maximum Gasteiger partial charge on any atom is 0.251 e. The van der Waals surface area contributed by atoms with Crippen LogP contribution in [0.25, 0.3) is 0 Å². The number of benzene rings is 2. The third-order valence-electron chi connectivity index (χ3n) is 6.43. The summed E-state index contributed by atoms with van der Waals surface area (Å²) in [5, 5.41) is 3.05. The van der Waals surface area contributed by atoms with Crippen LogP contribution in [0.3, 0.4) is 0 Å². The van der Waals surface area contributed by atoms with Crippen molar-refractivity contribution in [1.29, 1.82) is 0 Å². The fourth-order valence-electron chi connectivity index (χ4n) is 4.26. The van der Waals surface area contributed by atoms with Crippen LogP contribution in [0.2, 0.25) is 0 Å². The van der Waals surface area contributed by atoms with E-state index in [0.717, 1.165) is 25.1 Å². The summed E-state index contributed by atoms with van der Waals surface area (Å²) in [7, 11) is 0. The molecule has 0 atom stereocenters. The van der Waals surface area contributed by atoms with Gasteiger partial charge in [-0.3, -0.25) is 4.79 Å². The fraction of sp³-hybridized carbons (Fsp3) is 0.581. The molecule has 0 bridgehead atoms. The van der Waals surface area contributed by atoms with Crippen LogP contribution in [-0.2, 0) is 6.42 Å². The van der Waals surface area contributed by atoms with Crippen LogP contribution in [0.1, 0.15) is 113 Å². The number of unbranched alkanes of at least 4 members (excludes halogenated alkanes) is 13. The lowest BCUT2D eigenvalue weighted by Crippen LogP contribution is -2.24. The van der Waals surface area contributed by atoms with Gasteiger partial charge < -0.3 is 10.1 Å². The molecule has 34 heavy (non-hydrogen) atoms. The fourth-order valence-corrected chi connectivity index (χ4v) is 4.26. The number of hydrogen-bond acceptors (Lipinski definition) is 2. The number of ether oxygens (including phenoxy) is 1. The Bertz CT molecular complexity index is 742. The van der Waals surface area contributed by atoms with Crippen LogP contribution in [0.5, 0.6) is 5.75 Å². The van der Waals surface area contributed by atoms with Crippen LogP contribution in [-0.4, -0.2) is 19.1 Å². The molecule has 0 saturated heterocycles. The van der Waals surface area contributed by atoms with Crippen molar-refractivity contribution < 1.29 is 9.53 Å². The van der Waals surface area contributed by atoms with Crippen molar-refractivity contribution in [3.63, 3.8) is 0 Å². The van der Waals surface area contributed by atoms with E-state index in [1.54, 1.807) is 0 Å². The minimum absolute atomic E-state index is 0.00512. The van der Waals surface area contributed by atoms with Gasteiger partial charge in [0.1, 0.15) is 5.75 Å². The summed E-state index contributed by atoms with van der Waals surface area (Å²) in [5.74, 6) is 0.810. The van der Waals surface area contributed by atoms with Gasteiger partial charge in [-0.1, -0.05) is 121 Å². The molecule has 0 saturated carbocycles. The lowest BCUT2D eigenvalue weighted by Gasteiger charge is -2.08. The first-order valence-corrected chi connectivity index (χ1v) is 13.8. The molecule has 0 unspecified atom stereocenters. The van der Waals surface area contributed by atoms with Gasteiger partial charge in [-0.25, -0.2) is 0 Å². The molecule has 0 fully saturated rings. The van der Waals surface area contributed by atoms with Gasteiger partial charge in [0.15, 0.2) is 0 Å². The van der Waals surface area contributed by atoms with Crippen LogP contribution in [0, 0.1) is 0 Å². The highest BCUT2D eigenvalue weighted by molar-refractivity contribution is 5.94. The molecule has 0 aliphatic rings. The van der Waals surface area contributed by atoms with Crippen LogP contribution >= 0.6 is 0 Å². The van der Waals surface area contributed by atoms with E-state index in [9.17, 15) is 4.79 Å². The van der Waals surface area contributed by atoms with Crippen molar-refractivity contribution >= 4 is 5.91 Å². The second kappa shape index (κ2) is 19.1. The predicted molar refractivity (Wildman–Crippen MR) is 145 cm³/mol. The maximum absolute atomic E-state index is 12.3. The number of nitrogens with one attached hydrogen (secondary N) is 1. The molecule has 0 aromatic heterocycles. The molecule has 0 heterocycles. The van der Waals surface area contributed by atoms with Gasteiger partial charge in [0, 0.05) is 18.5 Å². The first-order valence-electron chi connectivity index (χ1n) is 13.8. The second-order valence-corrected chi connectivity index (χ2v) is 9.46. The van der Waals surface area contributed by atoms with E-state index in [1.807, 2.05) is 42.5 Å². The van der Waals surface area contributed by atoms with Gasteiger partial charge in [0.2, 0.25) is 0 Å². The lowest BCUT2D eigenvalue weighted by molar-refractivity contribution is 0.0953. The molecule has 3 nitrogen and oxygen atoms in total. The number of carbonyl (C=O) groups is 1. The molecule has 188 valence electrons. The average molecular weight is 466 g/mol. The summed E-state index contributed by atoms with van der Waals surface area (Å²) >= 11 is 0. The van der Waals surface area contributed by atoms with E-state index in [1.165, 1.54) is 89.0 Å². The molecule has 2 rings (SSSR count). The van der Waals surface area contributed by atoms with Crippen LogP contribution < -0.4 is 10.1 Å². The van der Waals surface area contributed by atoms with E-state index in [0.29, 0.717) is 12.2 Å². The van der Waals surface area contributed by atoms with Crippen molar-refractivity contribution in [3.05, 3.63) is 65.7 Å². The zero-order valence-corrected chi connectivity index (χ0v) is 21.5. The van der Waals surface area contributed by atoms with Crippen LogP contribution in [0.15, 0.2) is 54.6 Å². The Hall–Kier alpha value is -2.29. The predicted octanol–water partition coefficient (Wildman–Crippen LogP) is 8.52. The van der Waals surface area contributed by atoms with Crippen molar-refractivity contribution in [2.45, 2.75) is 103 Å². The van der Waals surface area contributed by atoms with Crippen LogP contribution in [0.4, 0.5) is 0 Å². The van der Waals surface area contributed by atoms with E-state index >= 15 is 0 Å². The Morgan fingerprint density at radius 2 is 1.21 bits per heavy atom. The highest BCUT2D eigenvalue weighted by Crippen LogP contribution is 2.14. The monoisotopic (exact) mass is 465 g/mol. The highest BCUT2D eigenvalue weighted by atomic mass is 16.5. The molecule has 1 amide bonds. The van der Waals surface area contributed by atoms with Gasteiger partial charge in [-0.15, -0.1) is 0 Å². The second-order valence-electron chi connectivity index (χ2n) is 9.46. The summed E-state index contributed by atoms with van der Waals surface area (Å²) in [4.78, 5) is 12.3. The third-order valence-corrected chi connectivity index (χ3v) is 6.43. The SMILES string of the molecule is CCCCCCCCCCCCCCCCNC(=O)c1ccc(OCCc2ccccc2)cc1. The van der Waals surface area contributed by atoms with Crippen molar-refractivity contribution in [2.75, 3.05) is 13.2 Å². The van der Waals surface area contributed by atoms with E-state index in [-0.39, 0.29) is 5.91 Å². The summed E-state index contributed by atoms with van der Waals surface area (Å²) in [5.41, 5.74) is 1.96. The Morgan fingerprint density at radius 3 is 1.76 bits per heavy atom. The Kier molecular flexibility index (Phi) is 15.7. The maximum atomic E-state index is 12.3. The Balaban J connectivity index is 1.41. The topological polar surface area (TPSA) is 38.3 Å². The first kappa shape index (κ1) is 28.0. The third kappa shape index (κ3) is 13.4. The van der Waals surface area contributed by atoms with Gasteiger partial charge in [-0.2, -0.15) is 0 Å². The molecule has 0 aliphatic heterocycles. The summed E-state index contributed by atoms with van der Waals surface area (Å²) in [6, 6.07) is 17.8. The van der Waals surface area contributed by atoms with Gasteiger partial charge in [0.25, 0.3) is 5.91 Å². The molecule has 0 aliphatic carbocycles. The molecular formula is C31H47NO2. The average Bonchev–Trinajstić information content (AvgIpc) is 2.87. The van der Waals surface area contributed by atoms with Crippen molar-refractivity contribution in [2.24, 2.45) is 0 Å².